The number of hydrogen-bond acceptors (Lipinski definition) is 3. The van der Waals surface area contributed by atoms with Gasteiger partial charge >= 0.3 is 0 Å². The zero-order chi connectivity index (χ0) is 19.2. The molecule has 27 heavy (non-hydrogen) atoms. The van der Waals surface area contributed by atoms with E-state index in [1.165, 1.54) is 5.56 Å². The Morgan fingerprint density at radius 3 is 2.44 bits per heavy atom. The predicted octanol–water partition coefficient (Wildman–Crippen LogP) is 5.50. The van der Waals surface area contributed by atoms with Crippen molar-refractivity contribution in [3.05, 3.63) is 53.6 Å². The second kappa shape index (κ2) is 9.22. The Hall–Kier alpha value is -1.36. The molecule has 1 aliphatic heterocycles. The number of hydrogen-bond donors (Lipinski definition) is 0. The monoisotopic (exact) mass is 390 g/mol. The molecule has 0 bridgehead atoms. The SMILES string of the molecule is CCCC1(CCC)COC(CCc2cccc(Cl)c2)(Cn2ccnc2)OC1. The van der Waals surface area contributed by atoms with Crippen LogP contribution in [0.4, 0.5) is 0 Å². The van der Waals surface area contributed by atoms with Crippen LogP contribution in [0.1, 0.15) is 51.5 Å². The van der Waals surface area contributed by atoms with E-state index >= 15 is 0 Å². The van der Waals surface area contributed by atoms with Gasteiger partial charge in [-0.1, -0.05) is 50.4 Å². The first kappa shape index (κ1) is 20.4. The van der Waals surface area contributed by atoms with Crippen LogP contribution in [-0.2, 0) is 22.4 Å². The Bertz CT molecular complexity index is 686. The van der Waals surface area contributed by atoms with Gasteiger partial charge < -0.3 is 14.0 Å². The summed E-state index contributed by atoms with van der Waals surface area (Å²) in [6.45, 7) is 6.66. The molecule has 0 radical (unpaired) electrons. The highest BCUT2D eigenvalue weighted by molar-refractivity contribution is 6.30. The van der Waals surface area contributed by atoms with Crippen LogP contribution in [0.25, 0.3) is 0 Å². The van der Waals surface area contributed by atoms with Gasteiger partial charge in [0.2, 0.25) is 0 Å². The summed E-state index contributed by atoms with van der Waals surface area (Å²) in [5.41, 5.74) is 1.36. The summed E-state index contributed by atoms with van der Waals surface area (Å²) < 4.78 is 15.1. The number of benzene rings is 1. The van der Waals surface area contributed by atoms with E-state index < -0.39 is 5.79 Å². The molecule has 0 spiro atoms. The smallest absolute Gasteiger partial charge is 0.186 e. The first-order valence-corrected chi connectivity index (χ1v) is 10.4. The molecule has 3 rings (SSSR count). The van der Waals surface area contributed by atoms with E-state index in [0.29, 0.717) is 6.54 Å². The number of aromatic nitrogens is 2. The highest BCUT2D eigenvalue weighted by Gasteiger charge is 2.44. The van der Waals surface area contributed by atoms with E-state index in [2.05, 4.69) is 24.9 Å². The van der Waals surface area contributed by atoms with Crippen LogP contribution in [0, 0.1) is 5.41 Å². The van der Waals surface area contributed by atoms with E-state index in [4.69, 9.17) is 21.1 Å². The molecule has 0 aliphatic carbocycles. The minimum absolute atomic E-state index is 0.151. The standard InChI is InChI=1S/C22H31ClN2O2/c1-3-9-21(10-4-2)16-26-22(27-17-21,15-25-13-12-24-18-25)11-8-19-6-5-7-20(23)14-19/h5-7,12-14,18H,3-4,8-11,15-17H2,1-2H3. The molecule has 1 aromatic heterocycles. The summed E-state index contributed by atoms with van der Waals surface area (Å²) in [4.78, 5) is 4.17. The van der Waals surface area contributed by atoms with Gasteiger partial charge in [-0.2, -0.15) is 0 Å². The van der Waals surface area contributed by atoms with Gasteiger partial charge in [-0.05, 0) is 37.0 Å². The third-order valence-electron chi connectivity index (χ3n) is 5.51. The number of rotatable bonds is 9. The maximum Gasteiger partial charge on any atom is 0.186 e. The fourth-order valence-electron chi connectivity index (χ4n) is 4.13. The predicted molar refractivity (Wildman–Crippen MR) is 109 cm³/mol. The number of aryl methyl sites for hydroxylation is 1. The molecule has 1 fully saturated rings. The van der Waals surface area contributed by atoms with Crippen LogP contribution in [0.3, 0.4) is 0 Å². The Morgan fingerprint density at radius 2 is 1.85 bits per heavy atom. The topological polar surface area (TPSA) is 36.3 Å². The fraction of sp³-hybridized carbons (Fsp3) is 0.591. The van der Waals surface area contributed by atoms with E-state index in [1.54, 1.807) is 6.20 Å². The summed E-state index contributed by atoms with van der Waals surface area (Å²) >= 11 is 6.15. The van der Waals surface area contributed by atoms with Crippen LogP contribution in [0.2, 0.25) is 5.02 Å². The minimum atomic E-state index is -0.617. The molecule has 2 heterocycles. The molecule has 4 nitrogen and oxygen atoms in total. The van der Waals surface area contributed by atoms with Crippen LogP contribution in [0.15, 0.2) is 43.0 Å². The van der Waals surface area contributed by atoms with Crippen molar-refractivity contribution in [3.8, 4) is 0 Å². The zero-order valence-corrected chi connectivity index (χ0v) is 17.3. The van der Waals surface area contributed by atoms with E-state index in [-0.39, 0.29) is 5.41 Å². The van der Waals surface area contributed by atoms with Gasteiger partial charge in [-0.25, -0.2) is 4.98 Å². The third kappa shape index (κ3) is 5.34. The third-order valence-corrected chi connectivity index (χ3v) is 5.74. The van der Waals surface area contributed by atoms with Crippen molar-refractivity contribution in [2.24, 2.45) is 5.41 Å². The molecule has 0 N–H and O–H groups in total. The van der Waals surface area contributed by atoms with Crippen molar-refractivity contribution < 1.29 is 9.47 Å². The molecule has 148 valence electrons. The lowest BCUT2D eigenvalue weighted by molar-refractivity contribution is -0.314. The van der Waals surface area contributed by atoms with Gasteiger partial charge in [-0.3, -0.25) is 0 Å². The molecule has 5 heteroatoms. The molecule has 0 amide bonds. The van der Waals surface area contributed by atoms with Gasteiger partial charge in [0, 0.05) is 29.3 Å². The Morgan fingerprint density at radius 1 is 1.11 bits per heavy atom. The molecule has 0 unspecified atom stereocenters. The van der Waals surface area contributed by atoms with E-state index in [9.17, 15) is 0 Å². The summed E-state index contributed by atoms with van der Waals surface area (Å²) in [6.07, 6.45) is 11.9. The molecule has 0 saturated carbocycles. The maximum absolute atomic E-state index is 6.51. The Balaban J connectivity index is 1.73. The van der Waals surface area contributed by atoms with Crippen molar-refractivity contribution in [3.63, 3.8) is 0 Å². The van der Waals surface area contributed by atoms with Gasteiger partial charge in [-0.15, -0.1) is 0 Å². The maximum atomic E-state index is 6.51. The number of ether oxygens (including phenoxy) is 2. The van der Waals surface area contributed by atoms with Crippen molar-refractivity contribution in [1.29, 1.82) is 0 Å². The second-order valence-corrected chi connectivity index (χ2v) is 8.29. The first-order chi connectivity index (χ1) is 13.1. The number of halogens is 1. The second-order valence-electron chi connectivity index (χ2n) is 7.85. The number of nitrogens with zero attached hydrogens (tertiary/aromatic N) is 2. The lowest BCUT2D eigenvalue weighted by Crippen LogP contribution is -2.52. The lowest BCUT2D eigenvalue weighted by atomic mass is 9.79. The Labute approximate surface area is 167 Å². The highest BCUT2D eigenvalue weighted by atomic mass is 35.5. The van der Waals surface area contributed by atoms with Crippen LogP contribution >= 0.6 is 11.6 Å². The van der Waals surface area contributed by atoms with Crippen molar-refractivity contribution in [2.75, 3.05) is 13.2 Å². The average molecular weight is 391 g/mol. The summed E-state index contributed by atoms with van der Waals surface area (Å²) in [5, 5.41) is 0.770. The van der Waals surface area contributed by atoms with Crippen LogP contribution in [0.5, 0.6) is 0 Å². The lowest BCUT2D eigenvalue weighted by Gasteiger charge is -2.47. The summed E-state index contributed by atoms with van der Waals surface area (Å²) in [5.74, 6) is -0.617. The van der Waals surface area contributed by atoms with Crippen molar-refractivity contribution in [2.45, 2.75) is 64.7 Å². The van der Waals surface area contributed by atoms with Gasteiger partial charge in [0.15, 0.2) is 5.79 Å². The molecule has 1 aliphatic rings. The average Bonchev–Trinajstić information content (AvgIpc) is 3.16. The quantitative estimate of drug-likeness (QED) is 0.567. The zero-order valence-electron chi connectivity index (χ0n) is 16.5. The molecule has 2 aromatic rings. The van der Waals surface area contributed by atoms with Crippen LogP contribution < -0.4 is 0 Å². The molecule has 1 saturated heterocycles. The molecule has 0 atom stereocenters. The largest absolute Gasteiger partial charge is 0.347 e. The van der Waals surface area contributed by atoms with Crippen molar-refractivity contribution in [1.82, 2.24) is 9.55 Å². The number of imidazole rings is 1. The fourth-order valence-corrected chi connectivity index (χ4v) is 4.34. The summed E-state index contributed by atoms with van der Waals surface area (Å²) in [7, 11) is 0. The van der Waals surface area contributed by atoms with Crippen molar-refractivity contribution >= 4 is 11.6 Å². The van der Waals surface area contributed by atoms with Gasteiger partial charge in [0.1, 0.15) is 0 Å². The van der Waals surface area contributed by atoms with Gasteiger partial charge in [0.05, 0.1) is 26.1 Å². The molecular formula is C22H31ClN2O2. The first-order valence-electron chi connectivity index (χ1n) is 10.1. The van der Waals surface area contributed by atoms with E-state index in [0.717, 1.165) is 56.8 Å². The van der Waals surface area contributed by atoms with Gasteiger partial charge in [0.25, 0.3) is 0 Å². The molecular weight excluding hydrogens is 360 g/mol. The highest BCUT2D eigenvalue weighted by Crippen LogP contribution is 2.40. The Kier molecular flexibility index (Phi) is 6.96. The molecule has 1 aromatic carbocycles. The normalized spacial score (nSPS) is 18.5. The summed E-state index contributed by atoms with van der Waals surface area (Å²) in [6, 6.07) is 8.03. The van der Waals surface area contributed by atoms with E-state index in [1.807, 2.05) is 35.3 Å². The van der Waals surface area contributed by atoms with Crippen LogP contribution in [-0.4, -0.2) is 28.6 Å². The minimum Gasteiger partial charge on any atom is -0.347 e.